The summed E-state index contributed by atoms with van der Waals surface area (Å²) in [5.74, 6) is -0.334. The Morgan fingerprint density at radius 3 is 2.38 bits per heavy atom. The van der Waals surface area contributed by atoms with Crippen molar-refractivity contribution in [2.45, 2.75) is 30.5 Å². The predicted molar refractivity (Wildman–Crippen MR) is 90.7 cm³/mol. The number of alkyl halides is 3. The molecule has 1 aliphatic rings. The van der Waals surface area contributed by atoms with E-state index in [0.717, 1.165) is 0 Å². The van der Waals surface area contributed by atoms with Crippen LogP contribution in [-0.4, -0.2) is 14.8 Å². The van der Waals surface area contributed by atoms with E-state index in [0.29, 0.717) is 36.1 Å². The lowest BCUT2D eigenvalue weighted by Gasteiger charge is -2.13. The molecule has 26 heavy (non-hydrogen) atoms. The molecule has 0 spiro atoms. The van der Waals surface area contributed by atoms with Gasteiger partial charge < -0.3 is 4.74 Å². The molecule has 0 radical (unpaired) electrons. The Bertz CT molecular complexity index is 922. The van der Waals surface area contributed by atoms with Crippen LogP contribution in [0.15, 0.2) is 65.2 Å². The van der Waals surface area contributed by atoms with Gasteiger partial charge in [-0.05, 0) is 54.7 Å². The van der Waals surface area contributed by atoms with Crippen molar-refractivity contribution in [1.29, 1.82) is 0 Å². The van der Waals surface area contributed by atoms with Crippen LogP contribution >= 0.6 is 0 Å². The summed E-state index contributed by atoms with van der Waals surface area (Å²) in [6.07, 6.45) is -2.99. The van der Waals surface area contributed by atoms with Gasteiger partial charge in [0, 0.05) is 5.70 Å². The maximum Gasteiger partial charge on any atom is 0.573 e. The number of rotatable bonds is 5. The van der Waals surface area contributed by atoms with Gasteiger partial charge in [0.2, 0.25) is 0 Å². The minimum Gasteiger partial charge on any atom is -0.406 e. The molecule has 0 fully saturated rings. The molecule has 0 saturated carbocycles. The van der Waals surface area contributed by atoms with Gasteiger partial charge in [0.1, 0.15) is 5.75 Å². The second kappa shape index (κ2) is 7.03. The van der Waals surface area contributed by atoms with Crippen molar-refractivity contribution in [3.63, 3.8) is 0 Å². The normalized spacial score (nSPS) is 15.2. The third-order valence-electron chi connectivity index (χ3n) is 3.94. The SMILES string of the molecule is O=S(=O)(NC1=C(c2cccc(OC(F)(F)F)c2)CCC1)c1ccccc1. The first-order valence-electron chi connectivity index (χ1n) is 7.91. The summed E-state index contributed by atoms with van der Waals surface area (Å²) in [7, 11) is -3.74. The van der Waals surface area contributed by atoms with E-state index in [1.807, 2.05) is 0 Å². The molecule has 4 nitrogen and oxygen atoms in total. The number of benzene rings is 2. The summed E-state index contributed by atoms with van der Waals surface area (Å²) < 4.78 is 68.8. The van der Waals surface area contributed by atoms with E-state index in [1.54, 1.807) is 24.3 Å². The lowest BCUT2D eigenvalue weighted by atomic mass is 10.0. The van der Waals surface area contributed by atoms with Crippen molar-refractivity contribution in [3.05, 3.63) is 65.9 Å². The molecule has 2 aromatic carbocycles. The minimum absolute atomic E-state index is 0.132. The number of hydrogen-bond acceptors (Lipinski definition) is 3. The van der Waals surface area contributed by atoms with Crippen molar-refractivity contribution >= 4 is 15.6 Å². The number of nitrogens with one attached hydrogen (secondary N) is 1. The van der Waals surface area contributed by atoms with Gasteiger partial charge in [-0.3, -0.25) is 4.72 Å². The molecule has 0 heterocycles. The second-order valence-electron chi connectivity index (χ2n) is 5.80. The Hall–Kier alpha value is -2.48. The van der Waals surface area contributed by atoms with Crippen molar-refractivity contribution < 1.29 is 26.3 Å². The molecule has 0 aromatic heterocycles. The summed E-state index contributed by atoms with van der Waals surface area (Å²) >= 11 is 0. The summed E-state index contributed by atoms with van der Waals surface area (Å²) in [5.41, 5.74) is 1.69. The van der Waals surface area contributed by atoms with Gasteiger partial charge in [0.05, 0.1) is 4.90 Å². The maximum atomic E-state index is 12.5. The van der Waals surface area contributed by atoms with E-state index in [4.69, 9.17) is 0 Å². The van der Waals surface area contributed by atoms with E-state index in [-0.39, 0.29) is 10.6 Å². The van der Waals surface area contributed by atoms with Crippen LogP contribution in [0.1, 0.15) is 24.8 Å². The largest absolute Gasteiger partial charge is 0.573 e. The monoisotopic (exact) mass is 383 g/mol. The number of allylic oxidation sites excluding steroid dienone is 2. The maximum absolute atomic E-state index is 12.5. The lowest BCUT2D eigenvalue weighted by molar-refractivity contribution is -0.274. The molecule has 8 heteroatoms. The zero-order valence-corrected chi connectivity index (χ0v) is 14.4. The average Bonchev–Trinajstić information content (AvgIpc) is 3.02. The minimum atomic E-state index is -4.78. The van der Waals surface area contributed by atoms with Crippen molar-refractivity contribution in [2.75, 3.05) is 0 Å². The van der Waals surface area contributed by atoms with Gasteiger partial charge in [-0.1, -0.05) is 30.3 Å². The van der Waals surface area contributed by atoms with Gasteiger partial charge in [-0.15, -0.1) is 13.2 Å². The fourth-order valence-electron chi connectivity index (χ4n) is 2.88. The van der Waals surface area contributed by atoms with Gasteiger partial charge >= 0.3 is 6.36 Å². The van der Waals surface area contributed by atoms with E-state index in [2.05, 4.69) is 9.46 Å². The first kappa shape index (κ1) is 18.3. The van der Waals surface area contributed by atoms with Gasteiger partial charge in [-0.2, -0.15) is 0 Å². The van der Waals surface area contributed by atoms with Crippen LogP contribution in [0.3, 0.4) is 0 Å². The highest BCUT2D eigenvalue weighted by Gasteiger charge is 2.31. The molecule has 0 saturated heterocycles. The lowest BCUT2D eigenvalue weighted by Crippen LogP contribution is -2.23. The molecular formula is C18H16F3NO3S. The number of hydrogen-bond donors (Lipinski definition) is 1. The fourth-order valence-corrected chi connectivity index (χ4v) is 4.06. The van der Waals surface area contributed by atoms with E-state index >= 15 is 0 Å². The Morgan fingerprint density at radius 2 is 1.69 bits per heavy atom. The first-order chi connectivity index (χ1) is 12.2. The Labute approximate surface area is 149 Å². The highest BCUT2D eigenvalue weighted by Crippen LogP contribution is 2.35. The average molecular weight is 383 g/mol. The molecule has 2 aromatic rings. The van der Waals surface area contributed by atoms with Crippen LogP contribution < -0.4 is 9.46 Å². The molecule has 1 N–H and O–H groups in total. The molecule has 0 atom stereocenters. The van der Waals surface area contributed by atoms with Crippen molar-refractivity contribution in [1.82, 2.24) is 4.72 Å². The highest BCUT2D eigenvalue weighted by molar-refractivity contribution is 7.89. The topological polar surface area (TPSA) is 55.4 Å². The summed E-state index contributed by atoms with van der Waals surface area (Å²) in [6.45, 7) is 0. The standard InChI is InChI=1S/C18H16F3NO3S/c19-18(20,21)25-14-7-4-6-13(12-14)16-10-5-11-17(16)22-26(23,24)15-8-2-1-3-9-15/h1-4,6-9,12,22H,5,10-11H2. The van der Waals surface area contributed by atoms with E-state index in [9.17, 15) is 21.6 Å². The Balaban J connectivity index is 1.90. The van der Waals surface area contributed by atoms with E-state index in [1.165, 1.54) is 30.3 Å². The van der Waals surface area contributed by atoms with E-state index < -0.39 is 16.4 Å². The Morgan fingerprint density at radius 1 is 0.962 bits per heavy atom. The summed E-state index contributed by atoms with van der Waals surface area (Å²) in [5, 5.41) is 0. The van der Waals surface area contributed by atoms with Gasteiger partial charge in [0.25, 0.3) is 10.0 Å². The van der Waals surface area contributed by atoms with Gasteiger partial charge in [-0.25, -0.2) is 8.42 Å². The molecule has 1 aliphatic carbocycles. The molecule has 0 aliphatic heterocycles. The van der Waals surface area contributed by atoms with Crippen LogP contribution in [0, 0.1) is 0 Å². The first-order valence-corrected chi connectivity index (χ1v) is 9.39. The van der Waals surface area contributed by atoms with Crippen LogP contribution in [0.4, 0.5) is 13.2 Å². The molecule has 3 rings (SSSR count). The second-order valence-corrected chi connectivity index (χ2v) is 7.49. The number of sulfonamides is 1. The smallest absolute Gasteiger partial charge is 0.406 e. The molecule has 0 amide bonds. The summed E-state index contributed by atoms with van der Waals surface area (Å²) in [6, 6.07) is 13.5. The zero-order chi connectivity index (χ0) is 18.8. The van der Waals surface area contributed by atoms with Gasteiger partial charge in [0.15, 0.2) is 0 Å². The Kier molecular flexibility index (Phi) is 4.95. The molecular weight excluding hydrogens is 367 g/mol. The number of halogens is 3. The predicted octanol–water partition coefficient (Wildman–Crippen LogP) is 4.46. The van der Waals surface area contributed by atoms with Crippen LogP contribution in [0.2, 0.25) is 0 Å². The van der Waals surface area contributed by atoms with Crippen molar-refractivity contribution in [3.8, 4) is 5.75 Å². The molecule has 0 bridgehead atoms. The number of ether oxygens (including phenoxy) is 1. The summed E-state index contributed by atoms with van der Waals surface area (Å²) in [4.78, 5) is 0.132. The highest BCUT2D eigenvalue weighted by atomic mass is 32.2. The van der Waals surface area contributed by atoms with Crippen molar-refractivity contribution in [2.24, 2.45) is 0 Å². The molecule has 0 unspecified atom stereocenters. The van der Waals surface area contributed by atoms with Crippen LogP contribution in [-0.2, 0) is 10.0 Å². The quantitative estimate of drug-likeness (QED) is 0.830. The third kappa shape index (κ3) is 4.37. The third-order valence-corrected chi connectivity index (χ3v) is 5.35. The fraction of sp³-hybridized carbons (Fsp3) is 0.222. The van der Waals surface area contributed by atoms with Crippen LogP contribution in [0.5, 0.6) is 5.75 Å². The molecule has 138 valence electrons. The zero-order valence-electron chi connectivity index (χ0n) is 13.6. The van der Waals surface area contributed by atoms with Crippen LogP contribution in [0.25, 0.3) is 5.57 Å².